The molecule has 0 bridgehead atoms. The highest BCUT2D eigenvalue weighted by atomic mass is 32.2. The minimum atomic E-state index is -2.99. The molecule has 1 saturated carbocycles. The van der Waals surface area contributed by atoms with Crippen molar-refractivity contribution in [1.82, 2.24) is 0 Å². The van der Waals surface area contributed by atoms with E-state index in [4.69, 9.17) is 10.5 Å². The second kappa shape index (κ2) is 5.88. The molecule has 1 aliphatic heterocycles. The molecular formula is C13H25NO3S. The van der Waals surface area contributed by atoms with Crippen molar-refractivity contribution < 1.29 is 13.2 Å². The zero-order valence-electron chi connectivity index (χ0n) is 11.1. The van der Waals surface area contributed by atoms with E-state index in [1.165, 1.54) is 19.3 Å². The molecule has 1 heterocycles. The molecule has 1 aliphatic carbocycles. The Labute approximate surface area is 110 Å². The molecule has 18 heavy (non-hydrogen) atoms. The van der Waals surface area contributed by atoms with Crippen molar-refractivity contribution in [2.45, 2.75) is 63.1 Å². The molecule has 5 heteroatoms. The first-order valence-corrected chi connectivity index (χ1v) is 8.96. The number of nitrogens with two attached hydrogens (primary N) is 1. The summed E-state index contributed by atoms with van der Waals surface area (Å²) in [5.74, 6) is 0.394. The highest BCUT2D eigenvalue weighted by Crippen LogP contribution is 2.42. The van der Waals surface area contributed by atoms with Gasteiger partial charge in [-0.1, -0.05) is 19.3 Å². The molecule has 0 aromatic rings. The summed E-state index contributed by atoms with van der Waals surface area (Å²) in [5.41, 5.74) is 5.38. The van der Waals surface area contributed by atoms with Crippen molar-refractivity contribution in [3.63, 3.8) is 0 Å². The van der Waals surface area contributed by atoms with Gasteiger partial charge in [0.15, 0.2) is 9.84 Å². The maximum Gasteiger partial charge on any atom is 0.152 e. The molecule has 1 spiro atoms. The summed E-state index contributed by atoms with van der Waals surface area (Å²) in [5, 5.41) is 0. The van der Waals surface area contributed by atoms with E-state index in [-0.39, 0.29) is 23.2 Å². The fraction of sp³-hybridized carbons (Fsp3) is 1.00. The van der Waals surface area contributed by atoms with Gasteiger partial charge in [-0.25, -0.2) is 8.42 Å². The molecular weight excluding hydrogens is 250 g/mol. The summed E-state index contributed by atoms with van der Waals surface area (Å²) in [6.07, 6.45) is 8.42. The van der Waals surface area contributed by atoms with E-state index in [2.05, 4.69) is 0 Å². The Morgan fingerprint density at radius 3 is 2.56 bits per heavy atom. The zero-order valence-corrected chi connectivity index (χ0v) is 11.9. The van der Waals surface area contributed by atoms with Gasteiger partial charge in [0, 0.05) is 0 Å². The molecule has 4 nitrogen and oxygen atoms in total. The number of sulfone groups is 1. The second-order valence-electron chi connectivity index (χ2n) is 5.78. The average Bonchev–Trinajstić information content (AvgIpc) is 2.70. The lowest BCUT2D eigenvalue weighted by atomic mass is 9.83. The highest BCUT2D eigenvalue weighted by molar-refractivity contribution is 7.91. The maximum absolute atomic E-state index is 11.9. The number of hydrogen-bond donors (Lipinski definition) is 1. The molecule has 0 amide bonds. The summed E-state index contributed by atoms with van der Waals surface area (Å²) in [6, 6.07) is 0. The van der Waals surface area contributed by atoms with Crippen LogP contribution in [0.2, 0.25) is 0 Å². The van der Waals surface area contributed by atoms with Crippen molar-refractivity contribution >= 4 is 9.84 Å². The van der Waals surface area contributed by atoms with Gasteiger partial charge in [-0.3, -0.25) is 0 Å². The third kappa shape index (κ3) is 3.68. The van der Waals surface area contributed by atoms with Crippen LogP contribution in [-0.4, -0.2) is 38.2 Å². The van der Waals surface area contributed by atoms with E-state index in [9.17, 15) is 8.42 Å². The molecule has 2 aliphatic rings. The highest BCUT2D eigenvalue weighted by Gasteiger charge is 2.41. The lowest BCUT2D eigenvalue weighted by Gasteiger charge is -2.33. The van der Waals surface area contributed by atoms with E-state index in [0.29, 0.717) is 13.0 Å². The van der Waals surface area contributed by atoms with Crippen LogP contribution in [0.25, 0.3) is 0 Å². The van der Waals surface area contributed by atoms with Crippen LogP contribution in [0.5, 0.6) is 0 Å². The van der Waals surface area contributed by atoms with Gasteiger partial charge in [0.25, 0.3) is 0 Å². The molecule has 1 unspecified atom stereocenters. The lowest BCUT2D eigenvalue weighted by Crippen LogP contribution is -2.33. The molecule has 1 saturated heterocycles. The SMILES string of the molecule is NCCCS(=O)(=O)CC1CCC2(CCCCC2)O1. The van der Waals surface area contributed by atoms with E-state index in [0.717, 1.165) is 25.7 Å². The molecule has 0 aromatic carbocycles. The Balaban J connectivity index is 1.85. The van der Waals surface area contributed by atoms with Gasteiger partial charge < -0.3 is 10.5 Å². The largest absolute Gasteiger partial charge is 0.371 e. The third-order valence-electron chi connectivity index (χ3n) is 4.20. The Bertz CT molecular complexity index is 360. The smallest absolute Gasteiger partial charge is 0.152 e. The fourth-order valence-corrected chi connectivity index (χ4v) is 4.82. The van der Waals surface area contributed by atoms with Crippen LogP contribution < -0.4 is 5.73 Å². The Morgan fingerprint density at radius 2 is 1.89 bits per heavy atom. The molecule has 2 fully saturated rings. The van der Waals surface area contributed by atoms with Gasteiger partial charge in [0.05, 0.1) is 23.2 Å². The van der Waals surface area contributed by atoms with Crippen LogP contribution in [-0.2, 0) is 14.6 Å². The van der Waals surface area contributed by atoms with E-state index in [1.54, 1.807) is 0 Å². The van der Waals surface area contributed by atoms with Gasteiger partial charge in [0.1, 0.15) is 0 Å². The van der Waals surface area contributed by atoms with E-state index >= 15 is 0 Å². The number of ether oxygens (including phenoxy) is 1. The Morgan fingerprint density at radius 1 is 1.17 bits per heavy atom. The molecule has 0 radical (unpaired) electrons. The predicted octanol–water partition coefficient (Wildman–Crippen LogP) is 1.63. The molecule has 2 rings (SSSR count). The average molecular weight is 275 g/mol. The van der Waals surface area contributed by atoms with Crippen LogP contribution in [0.15, 0.2) is 0 Å². The van der Waals surface area contributed by atoms with Gasteiger partial charge in [0.2, 0.25) is 0 Å². The summed E-state index contributed by atoms with van der Waals surface area (Å²) >= 11 is 0. The number of rotatable bonds is 5. The summed E-state index contributed by atoms with van der Waals surface area (Å²) < 4.78 is 29.9. The van der Waals surface area contributed by atoms with Gasteiger partial charge in [-0.2, -0.15) is 0 Å². The predicted molar refractivity (Wildman–Crippen MR) is 72.2 cm³/mol. The molecule has 106 valence electrons. The second-order valence-corrected chi connectivity index (χ2v) is 8.01. The van der Waals surface area contributed by atoms with Crippen LogP contribution in [0, 0.1) is 0 Å². The normalized spacial score (nSPS) is 27.7. The van der Waals surface area contributed by atoms with Crippen molar-refractivity contribution in [2.24, 2.45) is 5.73 Å². The molecule has 1 atom stereocenters. The van der Waals surface area contributed by atoms with Gasteiger partial charge >= 0.3 is 0 Å². The minimum absolute atomic E-state index is 0.0201. The fourth-order valence-electron chi connectivity index (χ4n) is 3.25. The van der Waals surface area contributed by atoms with Crippen LogP contribution in [0.1, 0.15) is 51.4 Å². The van der Waals surface area contributed by atoms with E-state index in [1.807, 2.05) is 0 Å². The van der Waals surface area contributed by atoms with Crippen molar-refractivity contribution in [3.8, 4) is 0 Å². The first-order valence-electron chi connectivity index (χ1n) is 7.14. The van der Waals surface area contributed by atoms with Crippen LogP contribution in [0.4, 0.5) is 0 Å². The lowest BCUT2D eigenvalue weighted by molar-refractivity contribution is -0.0559. The zero-order chi connectivity index (χ0) is 13.1. The Hall–Kier alpha value is -0.130. The van der Waals surface area contributed by atoms with Crippen molar-refractivity contribution in [1.29, 1.82) is 0 Å². The standard InChI is InChI=1S/C13H25NO3S/c14-9-4-10-18(15,16)11-12-5-8-13(17-12)6-2-1-3-7-13/h12H,1-11,14H2. The quantitative estimate of drug-likeness (QED) is 0.828. The molecule has 0 aromatic heterocycles. The van der Waals surface area contributed by atoms with Crippen LogP contribution in [0.3, 0.4) is 0 Å². The van der Waals surface area contributed by atoms with Gasteiger partial charge in [-0.05, 0) is 38.6 Å². The van der Waals surface area contributed by atoms with Crippen molar-refractivity contribution in [3.05, 3.63) is 0 Å². The first-order chi connectivity index (χ1) is 8.55. The summed E-state index contributed by atoms with van der Waals surface area (Å²) in [7, 11) is -2.99. The minimum Gasteiger partial charge on any atom is -0.371 e. The Kier molecular flexibility index (Phi) is 4.67. The van der Waals surface area contributed by atoms with Gasteiger partial charge in [-0.15, -0.1) is 0 Å². The first kappa shape index (κ1) is 14.3. The monoisotopic (exact) mass is 275 g/mol. The third-order valence-corrected chi connectivity index (χ3v) is 5.99. The number of hydrogen-bond acceptors (Lipinski definition) is 4. The topological polar surface area (TPSA) is 69.4 Å². The van der Waals surface area contributed by atoms with Crippen LogP contribution >= 0.6 is 0 Å². The molecule has 2 N–H and O–H groups in total. The summed E-state index contributed by atoms with van der Waals surface area (Å²) in [4.78, 5) is 0. The maximum atomic E-state index is 11.9. The summed E-state index contributed by atoms with van der Waals surface area (Å²) in [6.45, 7) is 0.439. The van der Waals surface area contributed by atoms with E-state index < -0.39 is 9.84 Å². The van der Waals surface area contributed by atoms with Crippen molar-refractivity contribution in [2.75, 3.05) is 18.1 Å².